The number of hydrogen-bond donors (Lipinski definition) is 2. The molecular formula is C15H23ClN2O2. The van der Waals surface area contributed by atoms with Crippen molar-refractivity contribution in [2.24, 2.45) is 11.1 Å². The van der Waals surface area contributed by atoms with Crippen LogP contribution >= 0.6 is 12.4 Å². The van der Waals surface area contributed by atoms with Gasteiger partial charge in [0.15, 0.2) is 0 Å². The third-order valence-electron chi connectivity index (χ3n) is 3.44. The average Bonchev–Trinajstić information content (AvgIpc) is 2.36. The molecule has 0 saturated heterocycles. The van der Waals surface area contributed by atoms with E-state index in [1.165, 1.54) is 0 Å². The molecule has 1 unspecified atom stereocenters. The minimum Gasteiger partial charge on any atom is -0.491 e. The van der Waals surface area contributed by atoms with Gasteiger partial charge in [-0.2, -0.15) is 0 Å². The number of nitrogens with two attached hydrogens (primary N) is 1. The molecule has 2 rings (SSSR count). The van der Waals surface area contributed by atoms with Crippen LogP contribution in [-0.2, 0) is 11.2 Å². The van der Waals surface area contributed by atoms with Gasteiger partial charge in [0.1, 0.15) is 12.4 Å². The van der Waals surface area contributed by atoms with Crippen molar-refractivity contribution in [3.63, 3.8) is 0 Å². The van der Waals surface area contributed by atoms with E-state index >= 15 is 0 Å². The van der Waals surface area contributed by atoms with Crippen LogP contribution in [-0.4, -0.2) is 24.6 Å². The monoisotopic (exact) mass is 298 g/mol. The molecule has 1 aromatic rings. The predicted molar refractivity (Wildman–Crippen MR) is 82.3 cm³/mol. The van der Waals surface area contributed by atoms with Crippen molar-refractivity contribution in [3.8, 4) is 5.75 Å². The molecule has 1 aromatic carbocycles. The molecule has 0 aliphatic carbocycles. The highest BCUT2D eigenvalue weighted by Crippen LogP contribution is 2.24. The number of fused-ring (bicyclic) bond motifs is 1. The van der Waals surface area contributed by atoms with E-state index in [0.29, 0.717) is 6.61 Å². The van der Waals surface area contributed by atoms with Gasteiger partial charge in [-0.15, -0.1) is 12.4 Å². The van der Waals surface area contributed by atoms with E-state index in [0.717, 1.165) is 17.7 Å². The number of rotatable bonds is 2. The van der Waals surface area contributed by atoms with Gasteiger partial charge in [0.05, 0.1) is 12.1 Å². The molecule has 4 nitrogen and oxygen atoms in total. The highest BCUT2D eigenvalue weighted by Gasteiger charge is 2.30. The molecule has 112 valence electrons. The molecule has 0 spiro atoms. The zero-order chi connectivity index (χ0) is 14.0. The minimum atomic E-state index is -0.510. The fourth-order valence-electron chi connectivity index (χ4n) is 2.10. The van der Waals surface area contributed by atoms with Gasteiger partial charge in [0.25, 0.3) is 0 Å². The highest BCUT2D eigenvalue weighted by molar-refractivity contribution is 5.85. The largest absolute Gasteiger partial charge is 0.491 e. The third kappa shape index (κ3) is 3.87. The van der Waals surface area contributed by atoms with Crippen molar-refractivity contribution < 1.29 is 9.53 Å². The summed E-state index contributed by atoms with van der Waals surface area (Å²) in [5, 5.41) is 2.98. The first-order valence-electron chi connectivity index (χ1n) is 6.64. The summed E-state index contributed by atoms with van der Waals surface area (Å²) in [7, 11) is 0. The van der Waals surface area contributed by atoms with E-state index in [-0.39, 0.29) is 29.8 Å². The standard InChI is InChI=1S/C15H22N2O2.ClH/c1-15(2,3)13(16)14(18)17-11-8-10-6-4-5-7-12(10)19-9-11;/h4-7,11,13H,8-9,16H2,1-3H3,(H,17,18);1H/t11?,13-;/m1./s1. The molecule has 0 radical (unpaired) electrons. The van der Waals surface area contributed by atoms with Gasteiger partial charge in [0, 0.05) is 0 Å². The SMILES string of the molecule is CC(C)(C)[C@H](N)C(=O)NC1COc2ccccc2C1.Cl. The topological polar surface area (TPSA) is 64.4 Å². The summed E-state index contributed by atoms with van der Waals surface area (Å²) in [6.07, 6.45) is 0.790. The van der Waals surface area contributed by atoms with Gasteiger partial charge in [-0.1, -0.05) is 39.0 Å². The molecular weight excluding hydrogens is 276 g/mol. The highest BCUT2D eigenvalue weighted by atomic mass is 35.5. The van der Waals surface area contributed by atoms with Crippen molar-refractivity contribution in [1.82, 2.24) is 5.32 Å². The van der Waals surface area contributed by atoms with Crippen LogP contribution in [0.1, 0.15) is 26.3 Å². The van der Waals surface area contributed by atoms with Crippen LogP contribution in [0.5, 0.6) is 5.75 Å². The zero-order valence-corrected chi connectivity index (χ0v) is 13.0. The van der Waals surface area contributed by atoms with E-state index in [1.54, 1.807) is 0 Å². The van der Waals surface area contributed by atoms with E-state index in [4.69, 9.17) is 10.5 Å². The Morgan fingerprint density at radius 1 is 1.40 bits per heavy atom. The maximum Gasteiger partial charge on any atom is 0.237 e. The molecule has 1 aliphatic heterocycles. The lowest BCUT2D eigenvalue weighted by molar-refractivity contribution is -0.125. The van der Waals surface area contributed by atoms with Gasteiger partial charge in [-0.3, -0.25) is 4.79 Å². The molecule has 1 heterocycles. The van der Waals surface area contributed by atoms with Crippen molar-refractivity contribution in [3.05, 3.63) is 29.8 Å². The smallest absolute Gasteiger partial charge is 0.237 e. The number of nitrogens with one attached hydrogen (secondary N) is 1. The Hall–Kier alpha value is -1.26. The summed E-state index contributed by atoms with van der Waals surface area (Å²) >= 11 is 0. The first-order chi connectivity index (χ1) is 8.88. The number of carbonyl (C=O) groups excluding carboxylic acids is 1. The maximum atomic E-state index is 12.1. The van der Waals surface area contributed by atoms with Crippen LogP contribution < -0.4 is 15.8 Å². The van der Waals surface area contributed by atoms with Crippen molar-refractivity contribution in [2.45, 2.75) is 39.3 Å². The summed E-state index contributed by atoms with van der Waals surface area (Å²) < 4.78 is 5.65. The second kappa shape index (κ2) is 6.46. The van der Waals surface area contributed by atoms with Gasteiger partial charge in [0.2, 0.25) is 5.91 Å². The Bertz CT molecular complexity index is 471. The summed E-state index contributed by atoms with van der Waals surface area (Å²) in [5.41, 5.74) is 6.84. The first-order valence-corrected chi connectivity index (χ1v) is 6.64. The molecule has 0 aromatic heterocycles. The molecule has 1 amide bonds. The average molecular weight is 299 g/mol. The summed E-state index contributed by atoms with van der Waals surface area (Å²) in [6, 6.07) is 7.40. The van der Waals surface area contributed by atoms with Crippen molar-refractivity contribution in [2.75, 3.05) is 6.61 Å². The van der Waals surface area contributed by atoms with Crippen LogP contribution in [0.15, 0.2) is 24.3 Å². The van der Waals surface area contributed by atoms with Crippen LogP contribution in [0, 0.1) is 5.41 Å². The maximum absolute atomic E-state index is 12.1. The molecule has 1 aliphatic rings. The lowest BCUT2D eigenvalue weighted by Gasteiger charge is -2.30. The molecule has 2 atom stereocenters. The number of halogens is 1. The molecule has 0 bridgehead atoms. The fraction of sp³-hybridized carbons (Fsp3) is 0.533. The summed E-state index contributed by atoms with van der Waals surface area (Å²) in [6.45, 7) is 6.39. The number of para-hydroxylation sites is 1. The van der Waals surface area contributed by atoms with Crippen LogP contribution in [0.2, 0.25) is 0 Å². The van der Waals surface area contributed by atoms with Gasteiger partial charge in [-0.05, 0) is 23.5 Å². The van der Waals surface area contributed by atoms with Gasteiger partial charge >= 0.3 is 0 Å². The lowest BCUT2D eigenvalue weighted by atomic mass is 9.86. The third-order valence-corrected chi connectivity index (χ3v) is 3.44. The Morgan fingerprint density at radius 3 is 2.70 bits per heavy atom. The van der Waals surface area contributed by atoms with E-state index in [9.17, 15) is 4.79 Å². The minimum absolute atomic E-state index is 0. The van der Waals surface area contributed by atoms with Gasteiger partial charge in [-0.25, -0.2) is 0 Å². The number of carbonyl (C=O) groups is 1. The van der Waals surface area contributed by atoms with Gasteiger partial charge < -0.3 is 15.8 Å². The fourth-order valence-corrected chi connectivity index (χ4v) is 2.10. The molecule has 5 heteroatoms. The predicted octanol–water partition coefficient (Wildman–Crippen LogP) is 1.90. The number of amides is 1. The molecule has 0 saturated carbocycles. The zero-order valence-electron chi connectivity index (χ0n) is 12.2. The Labute approximate surface area is 126 Å². The van der Waals surface area contributed by atoms with E-state index in [1.807, 2.05) is 45.0 Å². The molecule has 20 heavy (non-hydrogen) atoms. The molecule has 3 N–H and O–H groups in total. The normalized spacial score (nSPS) is 19.1. The van der Waals surface area contributed by atoms with Crippen LogP contribution in [0.4, 0.5) is 0 Å². The van der Waals surface area contributed by atoms with Crippen molar-refractivity contribution in [1.29, 1.82) is 0 Å². The van der Waals surface area contributed by atoms with E-state index in [2.05, 4.69) is 5.32 Å². The van der Waals surface area contributed by atoms with Crippen LogP contribution in [0.25, 0.3) is 0 Å². The summed E-state index contributed by atoms with van der Waals surface area (Å²) in [4.78, 5) is 12.1. The molecule has 0 fully saturated rings. The number of hydrogen-bond acceptors (Lipinski definition) is 3. The Morgan fingerprint density at radius 2 is 2.05 bits per heavy atom. The second-order valence-corrected chi connectivity index (χ2v) is 6.17. The Kier molecular flexibility index (Phi) is 5.42. The lowest BCUT2D eigenvalue weighted by Crippen LogP contribution is -2.53. The number of ether oxygens (including phenoxy) is 1. The van der Waals surface area contributed by atoms with E-state index < -0.39 is 6.04 Å². The Balaban J connectivity index is 0.00000200. The van der Waals surface area contributed by atoms with Crippen molar-refractivity contribution >= 4 is 18.3 Å². The van der Waals surface area contributed by atoms with Crippen LogP contribution in [0.3, 0.4) is 0 Å². The summed E-state index contributed by atoms with van der Waals surface area (Å²) in [5.74, 6) is 0.800. The quantitative estimate of drug-likeness (QED) is 0.876. The first kappa shape index (κ1) is 16.8. The number of benzene rings is 1. The second-order valence-electron chi connectivity index (χ2n) is 6.17.